The van der Waals surface area contributed by atoms with Gasteiger partial charge in [0.1, 0.15) is 0 Å². The average Bonchev–Trinajstić information content (AvgIpc) is 2.39. The van der Waals surface area contributed by atoms with Gasteiger partial charge in [-0.25, -0.2) is 0 Å². The number of aromatic amines is 1. The van der Waals surface area contributed by atoms with Crippen LogP contribution in [0.5, 0.6) is 0 Å². The quantitative estimate of drug-likeness (QED) is 0.558. The monoisotopic (exact) mass is 135 g/mol. The third-order valence-electron chi connectivity index (χ3n) is 1.73. The first-order valence-electron chi connectivity index (χ1n) is 3.17. The Bertz CT molecular complexity index is 324. The molecule has 0 aromatic carbocycles. The zero-order valence-corrected chi connectivity index (χ0v) is 5.76. The van der Waals surface area contributed by atoms with Gasteiger partial charge in [-0.05, 0) is 6.07 Å². The number of rotatable bonds is 0. The lowest BCUT2D eigenvalue weighted by Gasteiger charge is -1.85. The summed E-state index contributed by atoms with van der Waals surface area (Å²) >= 11 is 0. The predicted molar refractivity (Wildman–Crippen MR) is 41.7 cm³/mol. The van der Waals surface area contributed by atoms with E-state index in [0.717, 1.165) is 16.7 Å². The molecule has 0 aliphatic heterocycles. The molecule has 0 fully saturated rings. The molecule has 3 heteroatoms. The van der Waals surface area contributed by atoms with Crippen molar-refractivity contribution in [2.45, 2.75) is 0 Å². The first kappa shape index (κ1) is 5.41. The maximum absolute atomic E-state index is 5.67. The Labute approximate surface area is 58.4 Å². The van der Waals surface area contributed by atoms with Gasteiger partial charge in [0.05, 0.1) is 16.7 Å². The van der Waals surface area contributed by atoms with E-state index in [1.54, 1.807) is 0 Å². The van der Waals surface area contributed by atoms with Crippen LogP contribution in [-0.2, 0) is 7.05 Å². The van der Waals surface area contributed by atoms with Gasteiger partial charge in [-0.15, -0.1) is 0 Å². The van der Waals surface area contributed by atoms with Gasteiger partial charge in [0.25, 0.3) is 0 Å². The van der Waals surface area contributed by atoms with Crippen LogP contribution in [0.2, 0.25) is 0 Å². The second-order valence-electron chi connectivity index (χ2n) is 2.43. The fourth-order valence-electron chi connectivity index (χ4n) is 1.23. The number of nitrogen functional groups attached to an aromatic ring is 1. The molecule has 2 aromatic rings. The zero-order valence-electron chi connectivity index (χ0n) is 5.76. The Morgan fingerprint density at radius 3 is 3.10 bits per heavy atom. The first-order chi connectivity index (χ1) is 4.79. The largest absolute Gasteiger partial charge is 0.396 e. The Morgan fingerprint density at radius 1 is 1.60 bits per heavy atom. The molecule has 0 spiro atoms. The zero-order chi connectivity index (χ0) is 7.14. The Hall–Kier alpha value is -1.38. The van der Waals surface area contributed by atoms with E-state index in [1.165, 1.54) is 0 Å². The van der Waals surface area contributed by atoms with Crippen molar-refractivity contribution in [3.8, 4) is 0 Å². The number of nitrogens with two attached hydrogens (primary N) is 1. The molecule has 0 bridgehead atoms. The van der Waals surface area contributed by atoms with Crippen LogP contribution in [-0.4, -0.2) is 9.55 Å². The van der Waals surface area contributed by atoms with E-state index in [9.17, 15) is 0 Å². The van der Waals surface area contributed by atoms with Crippen molar-refractivity contribution in [1.29, 1.82) is 0 Å². The van der Waals surface area contributed by atoms with E-state index < -0.39 is 0 Å². The van der Waals surface area contributed by atoms with Gasteiger partial charge in [0.15, 0.2) is 0 Å². The predicted octanol–water partition coefficient (Wildman–Crippen LogP) is 1.09. The number of aryl methyl sites for hydroxylation is 1. The Balaban J connectivity index is 2.98. The number of hydrogen-bond acceptors (Lipinski definition) is 1. The molecule has 52 valence electrons. The normalized spacial score (nSPS) is 10.9. The van der Waals surface area contributed by atoms with Crippen molar-refractivity contribution >= 4 is 16.7 Å². The summed E-state index contributed by atoms with van der Waals surface area (Å²) in [5.74, 6) is 0. The van der Waals surface area contributed by atoms with Crippen molar-refractivity contribution in [3.63, 3.8) is 0 Å². The fraction of sp³-hybridized carbons (Fsp3) is 0.143. The third-order valence-corrected chi connectivity index (χ3v) is 1.73. The van der Waals surface area contributed by atoms with Gasteiger partial charge < -0.3 is 15.3 Å². The van der Waals surface area contributed by atoms with Crippen LogP contribution in [0.4, 0.5) is 5.69 Å². The summed E-state index contributed by atoms with van der Waals surface area (Å²) in [4.78, 5) is 3.06. The lowest BCUT2D eigenvalue weighted by molar-refractivity contribution is 0.971. The Morgan fingerprint density at radius 2 is 2.40 bits per heavy atom. The van der Waals surface area contributed by atoms with Crippen molar-refractivity contribution in [2.75, 3.05) is 5.73 Å². The number of nitrogens with zero attached hydrogens (tertiary/aromatic N) is 1. The van der Waals surface area contributed by atoms with Crippen LogP contribution < -0.4 is 5.73 Å². The van der Waals surface area contributed by atoms with Crippen LogP contribution in [0, 0.1) is 0 Å². The van der Waals surface area contributed by atoms with Gasteiger partial charge in [0, 0.05) is 19.4 Å². The van der Waals surface area contributed by atoms with E-state index >= 15 is 0 Å². The molecule has 2 rings (SSSR count). The van der Waals surface area contributed by atoms with E-state index in [0.29, 0.717) is 0 Å². The summed E-state index contributed by atoms with van der Waals surface area (Å²) in [7, 11) is 1.98. The molecule has 0 unspecified atom stereocenters. The molecule has 0 saturated heterocycles. The highest BCUT2D eigenvalue weighted by Gasteiger charge is 2.01. The van der Waals surface area contributed by atoms with Crippen LogP contribution in [0.1, 0.15) is 0 Å². The minimum Gasteiger partial charge on any atom is -0.396 e. The van der Waals surface area contributed by atoms with E-state index in [2.05, 4.69) is 4.98 Å². The second kappa shape index (κ2) is 1.56. The van der Waals surface area contributed by atoms with Gasteiger partial charge in [-0.1, -0.05) is 0 Å². The van der Waals surface area contributed by atoms with Gasteiger partial charge >= 0.3 is 0 Å². The SMILES string of the molecule is Cn1cc(N)c2[nH]ccc21. The molecule has 0 atom stereocenters. The number of H-pyrrole nitrogens is 1. The van der Waals surface area contributed by atoms with Crippen LogP contribution in [0.15, 0.2) is 18.5 Å². The summed E-state index contributed by atoms with van der Waals surface area (Å²) in [5.41, 5.74) is 8.66. The Kier molecular flexibility index (Phi) is 0.845. The lowest BCUT2D eigenvalue weighted by atomic mass is 10.4. The summed E-state index contributed by atoms with van der Waals surface area (Å²) in [6.45, 7) is 0. The highest BCUT2D eigenvalue weighted by molar-refractivity contribution is 5.88. The maximum Gasteiger partial charge on any atom is 0.0870 e. The van der Waals surface area contributed by atoms with Crippen LogP contribution in [0.3, 0.4) is 0 Å². The average molecular weight is 135 g/mol. The molecule has 0 amide bonds. The molecule has 2 heterocycles. The van der Waals surface area contributed by atoms with Crippen molar-refractivity contribution < 1.29 is 0 Å². The highest BCUT2D eigenvalue weighted by atomic mass is 15.0. The van der Waals surface area contributed by atoms with Crippen molar-refractivity contribution in [2.24, 2.45) is 7.05 Å². The number of hydrogen-bond donors (Lipinski definition) is 2. The van der Waals surface area contributed by atoms with Crippen LogP contribution in [0.25, 0.3) is 11.0 Å². The summed E-state index contributed by atoms with van der Waals surface area (Å²) < 4.78 is 2.00. The summed E-state index contributed by atoms with van der Waals surface area (Å²) in [5, 5.41) is 0. The molecule has 0 saturated carbocycles. The molecule has 0 radical (unpaired) electrons. The van der Waals surface area contributed by atoms with E-state index in [1.807, 2.05) is 30.1 Å². The van der Waals surface area contributed by atoms with Crippen LogP contribution >= 0.6 is 0 Å². The number of aromatic nitrogens is 2. The first-order valence-corrected chi connectivity index (χ1v) is 3.17. The third kappa shape index (κ3) is 0.492. The standard InChI is InChI=1S/C7H9N3/c1-10-4-5(8)7-6(10)2-3-9-7/h2-4,9H,8H2,1H3. The van der Waals surface area contributed by atoms with Crippen molar-refractivity contribution in [1.82, 2.24) is 9.55 Å². The van der Waals surface area contributed by atoms with Crippen molar-refractivity contribution in [3.05, 3.63) is 18.5 Å². The summed E-state index contributed by atoms with van der Waals surface area (Å²) in [6.07, 6.45) is 3.79. The molecule has 0 aliphatic rings. The van der Waals surface area contributed by atoms with Gasteiger partial charge in [-0.3, -0.25) is 0 Å². The minimum absolute atomic E-state index is 0.808. The van der Waals surface area contributed by atoms with E-state index in [-0.39, 0.29) is 0 Å². The number of anilines is 1. The number of fused-ring (bicyclic) bond motifs is 1. The number of nitrogens with one attached hydrogen (secondary N) is 1. The maximum atomic E-state index is 5.67. The van der Waals surface area contributed by atoms with E-state index in [4.69, 9.17) is 5.73 Å². The molecular formula is C7H9N3. The lowest BCUT2D eigenvalue weighted by Crippen LogP contribution is -1.82. The summed E-state index contributed by atoms with van der Waals surface area (Å²) in [6, 6.07) is 2.01. The highest BCUT2D eigenvalue weighted by Crippen LogP contribution is 2.19. The topological polar surface area (TPSA) is 46.7 Å². The molecular weight excluding hydrogens is 126 g/mol. The van der Waals surface area contributed by atoms with Gasteiger partial charge in [-0.2, -0.15) is 0 Å². The molecule has 2 aromatic heterocycles. The molecule has 3 N–H and O–H groups in total. The smallest absolute Gasteiger partial charge is 0.0870 e. The minimum atomic E-state index is 0.808. The fourth-order valence-corrected chi connectivity index (χ4v) is 1.23. The van der Waals surface area contributed by atoms with Gasteiger partial charge in [0.2, 0.25) is 0 Å². The molecule has 0 aliphatic carbocycles. The molecule has 10 heavy (non-hydrogen) atoms. The molecule has 3 nitrogen and oxygen atoms in total. The second-order valence-corrected chi connectivity index (χ2v) is 2.43.